The highest BCUT2D eigenvalue weighted by atomic mass is 32.1. The molecule has 0 bridgehead atoms. The molecule has 9 nitrogen and oxygen atoms in total. The van der Waals surface area contributed by atoms with Gasteiger partial charge in [0, 0.05) is 42.9 Å². The summed E-state index contributed by atoms with van der Waals surface area (Å²) >= 11 is 1.37. The number of thiazole rings is 1. The fraction of sp³-hybridized carbons (Fsp3) is 0.435. The number of amides is 2. The van der Waals surface area contributed by atoms with Crippen LogP contribution in [0.15, 0.2) is 23.1 Å². The minimum absolute atomic E-state index is 0.148. The van der Waals surface area contributed by atoms with Crippen molar-refractivity contribution in [2.24, 2.45) is 0 Å². The highest BCUT2D eigenvalue weighted by Gasteiger charge is 2.29. The standard InChI is InChI=1S/C23H25N5O4S/c1-3-27-11-15(19(29)14-7-6-13(2)24-20(14)27)22(31)28-9-8-16-18(12-28)33-23(25-16)26-21(30)17-5-4-10-32-17/h6-7,11,17H,3-5,8-10,12H2,1-2H3,(H,25,26,30). The van der Waals surface area contributed by atoms with Crippen LogP contribution in [0.25, 0.3) is 11.0 Å². The topological polar surface area (TPSA) is 106 Å². The Labute approximate surface area is 194 Å². The van der Waals surface area contributed by atoms with E-state index in [9.17, 15) is 14.4 Å². The van der Waals surface area contributed by atoms with Crippen LogP contribution in [0.3, 0.4) is 0 Å². The largest absolute Gasteiger partial charge is 0.368 e. The first-order valence-corrected chi connectivity index (χ1v) is 12.0. The van der Waals surface area contributed by atoms with Gasteiger partial charge in [-0.15, -0.1) is 0 Å². The lowest BCUT2D eigenvalue weighted by molar-refractivity contribution is -0.124. The molecule has 2 aliphatic heterocycles. The molecule has 3 aromatic heterocycles. The minimum atomic E-state index is -0.420. The molecule has 5 heterocycles. The second kappa shape index (κ2) is 8.68. The third-order valence-electron chi connectivity index (χ3n) is 6.10. The van der Waals surface area contributed by atoms with E-state index in [0.29, 0.717) is 48.8 Å². The van der Waals surface area contributed by atoms with Gasteiger partial charge in [0.25, 0.3) is 11.8 Å². The number of fused-ring (bicyclic) bond motifs is 2. The van der Waals surface area contributed by atoms with E-state index in [1.54, 1.807) is 23.2 Å². The molecule has 33 heavy (non-hydrogen) atoms. The summed E-state index contributed by atoms with van der Waals surface area (Å²) in [5.74, 6) is -0.472. The summed E-state index contributed by atoms with van der Waals surface area (Å²) in [6.45, 7) is 5.86. The molecule has 1 atom stereocenters. The number of carbonyl (C=O) groups is 2. The molecular weight excluding hydrogens is 442 g/mol. The minimum Gasteiger partial charge on any atom is -0.368 e. The number of nitrogens with one attached hydrogen (secondary N) is 1. The Balaban J connectivity index is 1.38. The molecule has 1 fully saturated rings. The Morgan fingerprint density at radius 1 is 1.30 bits per heavy atom. The molecule has 172 valence electrons. The van der Waals surface area contributed by atoms with Crippen molar-refractivity contribution in [1.82, 2.24) is 19.4 Å². The van der Waals surface area contributed by atoms with E-state index >= 15 is 0 Å². The number of aromatic nitrogens is 3. The zero-order chi connectivity index (χ0) is 23.1. The molecule has 2 amide bonds. The first-order chi connectivity index (χ1) is 15.9. The van der Waals surface area contributed by atoms with Gasteiger partial charge < -0.3 is 14.2 Å². The number of hydrogen-bond donors (Lipinski definition) is 1. The molecule has 3 aromatic rings. The van der Waals surface area contributed by atoms with Crippen molar-refractivity contribution >= 4 is 39.3 Å². The smallest absolute Gasteiger partial charge is 0.259 e. The second-order valence-corrected chi connectivity index (χ2v) is 9.42. The van der Waals surface area contributed by atoms with Crippen LogP contribution in [-0.4, -0.2) is 50.5 Å². The zero-order valence-corrected chi connectivity index (χ0v) is 19.4. The van der Waals surface area contributed by atoms with E-state index in [0.717, 1.165) is 29.1 Å². The van der Waals surface area contributed by atoms with E-state index in [1.165, 1.54) is 11.3 Å². The Hall–Kier alpha value is -3.11. The molecule has 1 N–H and O–H groups in total. The van der Waals surface area contributed by atoms with Crippen molar-refractivity contribution in [2.45, 2.75) is 52.3 Å². The molecule has 1 saturated heterocycles. The van der Waals surface area contributed by atoms with Crippen molar-refractivity contribution in [3.8, 4) is 0 Å². The second-order valence-electron chi connectivity index (χ2n) is 8.34. The van der Waals surface area contributed by atoms with Crippen LogP contribution >= 0.6 is 11.3 Å². The van der Waals surface area contributed by atoms with Crippen LogP contribution in [0.4, 0.5) is 5.13 Å². The van der Waals surface area contributed by atoms with Gasteiger partial charge in [0.05, 0.1) is 17.6 Å². The highest BCUT2D eigenvalue weighted by Crippen LogP contribution is 2.29. The van der Waals surface area contributed by atoms with E-state index in [4.69, 9.17) is 4.74 Å². The number of anilines is 1. The van der Waals surface area contributed by atoms with Crippen molar-refractivity contribution in [1.29, 1.82) is 0 Å². The van der Waals surface area contributed by atoms with Gasteiger partial charge in [-0.2, -0.15) is 0 Å². The number of rotatable bonds is 4. The van der Waals surface area contributed by atoms with Crippen molar-refractivity contribution in [3.63, 3.8) is 0 Å². The van der Waals surface area contributed by atoms with Gasteiger partial charge in [-0.05, 0) is 38.8 Å². The van der Waals surface area contributed by atoms with Crippen LogP contribution in [0.2, 0.25) is 0 Å². The molecule has 0 saturated carbocycles. The van der Waals surface area contributed by atoms with Gasteiger partial charge in [-0.3, -0.25) is 19.7 Å². The van der Waals surface area contributed by atoms with Gasteiger partial charge >= 0.3 is 0 Å². The maximum Gasteiger partial charge on any atom is 0.259 e. The highest BCUT2D eigenvalue weighted by molar-refractivity contribution is 7.15. The van der Waals surface area contributed by atoms with Crippen LogP contribution in [0, 0.1) is 6.92 Å². The summed E-state index contributed by atoms with van der Waals surface area (Å²) < 4.78 is 7.27. The van der Waals surface area contributed by atoms with Crippen molar-refractivity contribution in [2.75, 3.05) is 18.5 Å². The monoisotopic (exact) mass is 467 g/mol. The van der Waals surface area contributed by atoms with Crippen molar-refractivity contribution < 1.29 is 14.3 Å². The number of aryl methyl sites for hydroxylation is 2. The van der Waals surface area contributed by atoms with Crippen molar-refractivity contribution in [3.05, 3.63) is 50.4 Å². The summed E-state index contributed by atoms with van der Waals surface area (Å²) in [5.41, 5.74) is 2.14. The normalized spacial score (nSPS) is 17.9. The number of hydrogen-bond acceptors (Lipinski definition) is 7. The number of ether oxygens (including phenoxy) is 1. The average molecular weight is 468 g/mol. The molecule has 0 spiro atoms. The van der Waals surface area contributed by atoms with Gasteiger partial charge in [0.15, 0.2) is 5.13 Å². The summed E-state index contributed by atoms with van der Waals surface area (Å²) in [4.78, 5) is 50.4. The lowest BCUT2D eigenvalue weighted by atomic mass is 10.1. The molecule has 0 radical (unpaired) electrons. The lowest BCUT2D eigenvalue weighted by Gasteiger charge is -2.26. The average Bonchev–Trinajstić information content (AvgIpc) is 3.48. The van der Waals surface area contributed by atoms with Gasteiger partial charge in [0.1, 0.15) is 17.3 Å². The van der Waals surface area contributed by atoms with Gasteiger partial charge in [-0.1, -0.05) is 11.3 Å². The fourth-order valence-corrected chi connectivity index (χ4v) is 5.34. The van der Waals surface area contributed by atoms with E-state index in [1.807, 2.05) is 18.4 Å². The van der Waals surface area contributed by atoms with Crippen LogP contribution in [0.5, 0.6) is 0 Å². The quantitative estimate of drug-likeness (QED) is 0.632. The Morgan fingerprint density at radius 3 is 2.91 bits per heavy atom. The molecule has 2 aliphatic rings. The van der Waals surface area contributed by atoms with Gasteiger partial charge in [0.2, 0.25) is 5.43 Å². The van der Waals surface area contributed by atoms with Crippen LogP contribution in [-0.2, 0) is 29.0 Å². The van der Waals surface area contributed by atoms with Crippen LogP contribution < -0.4 is 10.7 Å². The zero-order valence-electron chi connectivity index (χ0n) is 18.6. The van der Waals surface area contributed by atoms with E-state index in [2.05, 4.69) is 15.3 Å². The number of pyridine rings is 2. The van der Waals surface area contributed by atoms with E-state index < -0.39 is 6.10 Å². The summed E-state index contributed by atoms with van der Waals surface area (Å²) in [6, 6.07) is 3.53. The molecule has 10 heteroatoms. The molecule has 1 unspecified atom stereocenters. The number of carbonyl (C=O) groups excluding carboxylic acids is 2. The lowest BCUT2D eigenvalue weighted by Crippen LogP contribution is -2.38. The van der Waals surface area contributed by atoms with E-state index in [-0.39, 0.29) is 22.8 Å². The number of nitrogens with zero attached hydrogens (tertiary/aromatic N) is 4. The maximum absolute atomic E-state index is 13.4. The predicted molar refractivity (Wildman–Crippen MR) is 125 cm³/mol. The van der Waals surface area contributed by atoms with Crippen LogP contribution in [0.1, 0.15) is 46.4 Å². The molecule has 5 rings (SSSR count). The third kappa shape index (κ3) is 4.04. The predicted octanol–water partition coefficient (Wildman–Crippen LogP) is 2.50. The fourth-order valence-electron chi connectivity index (χ4n) is 4.32. The Bertz CT molecular complexity index is 1310. The first-order valence-electron chi connectivity index (χ1n) is 11.2. The molecular formula is C23H25N5O4S. The first kappa shape index (κ1) is 21.7. The summed E-state index contributed by atoms with van der Waals surface area (Å²) in [7, 11) is 0. The van der Waals surface area contributed by atoms with Gasteiger partial charge in [-0.25, -0.2) is 9.97 Å². The summed E-state index contributed by atoms with van der Waals surface area (Å²) in [6.07, 6.45) is 3.37. The SMILES string of the molecule is CCn1cc(C(=O)N2CCc3nc(NC(=O)C4CCCO4)sc3C2)c(=O)c2ccc(C)nc21. The molecule has 0 aliphatic carbocycles. The summed E-state index contributed by atoms with van der Waals surface area (Å²) in [5, 5.41) is 3.82. The Kier molecular flexibility index (Phi) is 5.71. The Morgan fingerprint density at radius 2 is 2.15 bits per heavy atom. The maximum atomic E-state index is 13.4. The molecule has 0 aromatic carbocycles. The third-order valence-corrected chi connectivity index (χ3v) is 7.10.